The van der Waals surface area contributed by atoms with E-state index in [-0.39, 0.29) is 24.9 Å². The minimum Gasteiger partial charge on any atom is -0.481 e. The molecular weight excluding hydrogens is 892 g/mol. The standard InChI is InChI=1S/C57H112N2O5S2.ClH/c1-6-11-16-19-22-28-35-46-59(54(60)43-47-65-66-48-45-58)53(40-31-24-20-21-26-33-42-55(61)62)41-32-25-23-27-34-44-57(56(63)64,49-51(36-14-9-4)38-29-17-12-7-2)50-52(37-15-10-5)39-30-18-13-8-3;/h51-53H,6-50,58H2,1-5H3,(H,61,62)(H,63,64);1H. The molecule has 0 aliphatic rings. The van der Waals surface area contributed by atoms with Gasteiger partial charge in [0.25, 0.3) is 0 Å². The van der Waals surface area contributed by atoms with Crippen LogP contribution in [0.2, 0.25) is 0 Å². The Bertz CT molecular complexity index is 1080. The lowest BCUT2D eigenvalue weighted by atomic mass is 9.67. The van der Waals surface area contributed by atoms with Crippen LogP contribution in [0.4, 0.5) is 0 Å². The van der Waals surface area contributed by atoms with Gasteiger partial charge in [0.15, 0.2) is 0 Å². The number of nitrogens with two attached hydrogens (primary N) is 1. The van der Waals surface area contributed by atoms with Crippen LogP contribution >= 0.6 is 34.0 Å². The molecule has 3 unspecified atom stereocenters. The smallest absolute Gasteiger partial charge is 0.309 e. The third-order valence-corrected chi connectivity index (χ3v) is 16.9. The van der Waals surface area contributed by atoms with Crippen molar-refractivity contribution in [3.63, 3.8) is 0 Å². The van der Waals surface area contributed by atoms with Crippen LogP contribution in [0.25, 0.3) is 0 Å². The number of nitrogens with zero attached hydrogens (tertiary/aromatic N) is 1. The summed E-state index contributed by atoms with van der Waals surface area (Å²) >= 11 is 0. The van der Waals surface area contributed by atoms with Crippen LogP contribution < -0.4 is 5.73 Å². The van der Waals surface area contributed by atoms with E-state index in [1.807, 2.05) is 0 Å². The van der Waals surface area contributed by atoms with Crippen LogP contribution in [0.3, 0.4) is 0 Å². The first-order chi connectivity index (χ1) is 32.1. The van der Waals surface area contributed by atoms with Crippen molar-refractivity contribution in [2.45, 2.75) is 304 Å². The largest absolute Gasteiger partial charge is 0.481 e. The Morgan fingerprint density at radius 1 is 0.478 bits per heavy atom. The van der Waals surface area contributed by atoms with E-state index in [9.17, 15) is 19.5 Å². The average Bonchev–Trinajstić information content (AvgIpc) is 3.30. The van der Waals surface area contributed by atoms with Crippen molar-refractivity contribution < 1.29 is 24.6 Å². The second kappa shape index (κ2) is 50.3. The molecule has 0 aromatic rings. The first-order valence-corrected chi connectivity index (χ1v) is 31.3. The van der Waals surface area contributed by atoms with E-state index >= 15 is 0 Å². The van der Waals surface area contributed by atoms with Gasteiger partial charge >= 0.3 is 11.9 Å². The van der Waals surface area contributed by atoms with Gasteiger partial charge in [-0.25, -0.2) is 0 Å². The Balaban J connectivity index is 0. The molecule has 0 heterocycles. The maximum atomic E-state index is 14.0. The van der Waals surface area contributed by atoms with Crippen LogP contribution in [0.5, 0.6) is 0 Å². The van der Waals surface area contributed by atoms with Crippen molar-refractivity contribution in [2.75, 3.05) is 24.6 Å². The highest BCUT2D eigenvalue weighted by molar-refractivity contribution is 8.76. The molecule has 7 nitrogen and oxygen atoms in total. The number of hydrogen-bond donors (Lipinski definition) is 3. The quantitative estimate of drug-likeness (QED) is 0.0407. The normalized spacial score (nSPS) is 13.8. The van der Waals surface area contributed by atoms with Gasteiger partial charge in [-0.1, -0.05) is 262 Å². The molecule has 0 aromatic carbocycles. The van der Waals surface area contributed by atoms with Crippen LogP contribution in [0, 0.1) is 17.3 Å². The Kier molecular flexibility index (Phi) is 51.4. The number of carbonyl (C=O) groups excluding carboxylic acids is 1. The molecule has 0 aliphatic carbocycles. The molecule has 0 bridgehead atoms. The molecule has 0 saturated carbocycles. The molecule has 0 aliphatic heterocycles. The fourth-order valence-electron chi connectivity index (χ4n) is 10.5. The highest BCUT2D eigenvalue weighted by Gasteiger charge is 2.41. The summed E-state index contributed by atoms with van der Waals surface area (Å²) in [5, 5.41) is 20.3. The fourth-order valence-corrected chi connectivity index (χ4v) is 12.3. The Morgan fingerprint density at radius 3 is 1.33 bits per heavy atom. The summed E-state index contributed by atoms with van der Waals surface area (Å²) in [4.78, 5) is 41.1. The predicted molar refractivity (Wildman–Crippen MR) is 299 cm³/mol. The van der Waals surface area contributed by atoms with Crippen molar-refractivity contribution >= 4 is 51.8 Å². The van der Waals surface area contributed by atoms with Gasteiger partial charge in [-0.3, -0.25) is 14.4 Å². The number of rotatable bonds is 53. The zero-order valence-corrected chi connectivity index (χ0v) is 47.4. The lowest BCUT2D eigenvalue weighted by Crippen LogP contribution is -2.41. The number of halogens is 1. The Hall–Kier alpha value is -0.640. The summed E-state index contributed by atoms with van der Waals surface area (Å²) in [6.45, 7) is 12.9. The number of unbranched alkanes of at least 4 members (excludes halogenated alkanes) is 23. The lowest BCUT2D eigenvalue weighted by molar-refractivity contribution is -0.152. The average molecular weight is 1010 g/mol. The topological polar surface area (TPSA) is 121 Å². The van der Waals surface area contributed by atoms with Crippen molar-refractivity contribution in [3.05, 3.63) is 0 Å². The molecular formula is C57H113ClN2O5S2. The first kappa shape index (κ1) is 68.4. The second-order valence-corrected chi connectivity index (χ2v) is 23.3. The van der Waals surface area contributed by atoms with E-state index in [0.29, 0.717) is 30.7 Å². The van der Waals surface area contributed by atoms with Crippen LogP contribution in [-0.2, 0) is 14.4 Å². The highest BCUT2D eigenvalue weighted by Crippen LogP contribution is 2.44. The van der Waals surface area contributed by atoms with Crippen molar-refractivity contribution in [3.8, 4) is 0 Å². The third kappa shape index (κ3) is 39.6. The molecule has 0 spiro atoms. The van der Waals surface area contributed by atoms with E-state index in [1.54, 1.807) is 21.6 Å². The van der Waals surface area contributed by atoms with Crippen molar-refractivity contribution in [1.82, 2.24) is 4.90 Å². The molecule has 400 valence electrons. The Morgan fingerprint density at radius 2 is 0.866 bits per heavy atom. The zero-order valence-electron chi connectivity index (χ0n) is 44.9. The number of hydrogen-bond acceptors (Lipinski definition) is 6. The van der Waals surface area contributed by atoms with Crippen molar-refractivity contribution in [1.29, 1.82) is 0 Å². The number of aliphatic carboxylic acids is 2. The monoisotopic (exact) mass is 1000 g/mol. The first-order valence-electron chi connectivity index (χ1n) is 28.8. The number of amides is 1. The predicted octanol–water partition coefficient (Wildman–Crippen LogP) is 18.4. The van der Waals surface area contributed by atoms with E-state index in [1.165, 1.54) is 141 Å². The molecule has 3 atom stereocenters. The molecule has 0 radical (unpaired) electrons. The summed E-state index contributed by atoms with van der Waals surface area (Å²) in [6.07, 6.45) is 45.3. The molecule has 10 heteroatoms. The Labute approximate surface area is 430 Å². The second-order valence-electron chi connectivity index (χ2n) is 20.6. The van der Waals surface area contributed by atoms with E-state index in [4.69, 9.17) is 10.8 Å². The number of carboxylic acid groups (broad SMARTS) is 2. The van der Waals surface area contributed by atoms with Gasteiger partial charge in [0.1, 0.15) is 0 Å². The molecule has 0 saturated heterocycles. The number of carbonyl (C=O) groups is 3. The number of carboxylic acids is 2. The minimum absolute atomic E-state index is 0. The summed E-state index contributed by atoms with van der Waals surface area (Å²) in [5.41, 5.74) is 5.12. The molecule has 0 aromatic heterocycles. The van der Waals surface area contributed by atoms with Gasteiger partial charge < -0.3 is 20.8 Å². The van der Waals surface area contributed by atoms with E-state index in [2.05, 4.69) is 39.5 Å². The summed E-state index contributed by atoms with van der Waals surface area (Å²) in [5.74, 6) is 1.85. The van der Waals surface area contributed by atoms with Crippen LogP contribution in [0.15, 0.2) is 0 Å². The van der Waals surface area contributed by atoms with Gasteiger partial charge in [-0.05, 0) is 56.8 Å². The van der Waals surface area contributed by atoms with Gasteiger partial charge in [-0.2, -0.15) is 0 Å². The van der Waals surface area contributed by atoms with Crippen LogP contribution in [0.1, 0.15) is 298 Å². The highest BCUT2D eigenvalue weighted by atomic mass is 35.5. The maximum absolute atomic E-state index is 14.0. The van der Waals surface area contributed by atoms with Gasteiger partial charge in [0, 0.05) is 43.5 Å². The minimum atomic E-state index is -0.702. The van der Waals surface area contributed by atoms with Gasteiger partial charge in [0.2, 0.25) is 5.91 Å². The molecule has 0 rings (SSSR count). The van der Waals surface area contributed by atoms with Gasteiger partial charge in [-0.15, -0.1) is 12.4 Å². The summed E-state index contributed by atoms with van der Waals surface area (Å²) in [6, 6.07) is 0.265. The SMILES string of the molecule is CCCCCCCCCN(C(=O)CCSSCCN)C(CCCCCCCCC(=O)O)CCCCCCCC(CC(CCCC)CCCCCC)(CC(CCCC)CCCCCC)C(=O)O.Cl. The molecule has 4 N–H and O–H groups in total. The van der Waals surface area contributed by atoms with Crippen LogP contribution in [-0.4, -0.2) is 63.6 Å². The summed E-state index contributed by atoms with van der Waals surface area (Å²) < 4.78 is 0. The molecule has 67 heavy (non-hydrogen) atoms. The van der Waals surface area contributed by atoms with E-state index in [0.717, 1.165) is 127 Å². The van der Waals surface area contributed by atoms with Gasteiger partial charge in [0.05, 0.1) is 5.41 Å². The fraction of sp³-hybridized carbons (Fsp3) is 0.947. The third-order valence-electron chi connectivity index (χ3n) is 14.5. The lowest BCUT2D eigenvalue weighted by Gasteiger charge is -2.37. The maximum Gasteiger partial charge on any atom is 0.309 e. The molecule has 0 fully saturated rings. The van der Waals surface area contributed by atoms with E-state index < -0.39 is 17.4 Å². The van der Waals surface area contributed by atoms with Crippen molar-refractivity contribution in [2.24, 2.45) is 23.0 Å². The summed E-state index contributed by atoms with van der Waals surface area (Å²) in [7, 11) is 3.55. The zero-order chi connectivity index (χ0) is 48.8. The molecule has 1 amide bonds.